The van der Waals surface area contributed by atoms with Gasteiger partial charge in [-0.15, -0.1) is 0 Å². The minimum Gasteiger partial charge on any atom is -0.392 e. The molecule has 0 fully saturated rings. The van der Waals surface area contributed by atoms with E-state index in [1.807, 2.05) is 35.6 Å². The van der Waals surface area contributed by atoms with Crippen LogP contribution >= 0.6 is 0 Å². The topological polar surface area (TPSA) is 113 Å². The Labute approximate surface area is 122 Å². The van der Waals surface area contributed by atoms with Crippen LogP contribution in [0.1, 0.15) is 5.56 Å². The van der Waals surface area contributed by atoms with Gasteiger partial charge in [-0.25, -0.2) is 0 Å². The van der Waals surface area contributed by atoms with E-state index in [-0.39, 0.29) is 12.1 Å². The van der Waals surface area contributed by atoms with Gasteiger partial charge in [0.1, 0.15) is 5.70 Å². The van der Waals surface area contributed by atoms with Crippen molar-refractivity contribution in [3.8, 4) is 0 Å². The number of amides is 3. The monoisotopic (exact) mass is 290 g/mol. The highest BCUT2D eigenvalue weighted by atomic mass is 16.2. The first kappa shape index (κ1) is 16.4. The lowest BCUT2D eigenvalue weighted by atomic mass is 10.1. The second-order valence-electron chi connectivity index (χ2n) is 4.22. The second kappa shape index (κ2) is 8.49. The SMILES string of the molecule is CN/C=C(/NC(=O)C(N)Cc1ccccc1)C(=O)NC=O. The summed E-state index contributed by atoms with van der Waals surface area (Å²) in [7, 11) is 1.56. The van der Waals surface area contributed by atoms with Crippen molar-refractivity contribution in [1.29, 1.82) is 0 Å². The summed E-state index contributed by atoms with van der Waals surface area (Å²) in [4.78, 5) is 33.8. The Balaban J connectivity index is 2.66. The molecule has 0 aliphatic heterocycles. The third-order valence-electron chi connectivity index (χ3n) is 2.62. The van der Waals surface area contributed by atoms with Crippen LogP contribution in [0.25, 0.3) is 0 Å². The third kappa shape index (κ3) is 5.45. The van der Waals surface area contributed by atoms with Gasteiger partial charge in [0.15, 0.2) is 0 Å². The Kier molecular flexibility index (Phi) is 6.62. The van der Waals surface area contributed by atoms with Crippen LogP contribution in [-0.2, 0) is 20.8 Å². The summed E-state index contributed by atoms with van der Waals surface area (Å²) in [6, 6.07) is 8.48. The Morgan fingerprint density at radius 2 is 1.95 bits per heavy atom. The third-order valence-corrected chi connectivity index (χ3v) is 2.62. The predicted octanol–water partition coefficient (Wildman–Crippen LogP) is -0.994. The van der Waals surface area contributed by atoms with Gasteiger partial charge in [0.25, 0.3) is 5.91 Å². The van der Waals surface area contributed by atoms with Crippen LogP contribution in [0.2, 0.25) is 0 Å². The molecule has 0 aliphatic carbocycles. The van der Waals surface area contributed by atoms with Crippen LogP contribution in [0.15, 0.2) is 42.2 Å². The number of rotatable bonds is 7. The second-order valence-corrected chi connectivity index (χ2v) is 4.22. The zero-order valence-corrected chi connectivity index (χ0v) is 11.6. The molecule has 21 heavy (non-hydrogen) atoms. The molecule has 112 valence electrons. The summed E-state index contributed by atoms with van der Waals surface area (Å²) in [5.74, 6) is -1.24. The largest absolute Gasteiger partial charge is 0.392 e. The Hall–Kier alpha value is -2.67. The number of carbonyl (C=O) groups excluding carboxylic acids is 3. The molecule has 1 atom stereocenters. The molecule has 1 aromatic rings. The highest BCUT2D eigenvalue weighted by molar-refractivity contribution is 6.02. The van der Waals surface area contributed by atoms with Crippen molar-refractivity contribution in [3.63, 3.8) is 0 Å². The molecule has 0 saturated heterocycles. The highest BCUT2D eigenvalue weighted by Gasteiger charge is 2.18. The van der Waals surface area contributed by atoms with Gasteiger partial charge in [-0.2, -0.15) is 0 Å². The van der Waals surface area contributed by atoms with Gasteiger partial charge in [-0.3, -0.25) is 19.7 Å². The Morgan fingerprint density at radius 3 is 2.52 bits per heavy atom. The minimum atomic E-state index is -0.809. The first-order chi connectivity index (χ1) is 10.1. The van der Waals surface area contributed by atoms with Crippen molar-refractivity contribution in [1.82, 2.24) is 16.0 Å². The maximum Gasteiger partial charge on any atom is 0.275 e. The van der Waals surface area contributed by atoms with Gasteiger partial charge in [0.2, 0.25) is 12.3 Å². The van der Waals surface area contributed by atoms with Gasteiger partial charge >= 0.3 is 0 Å². The highest BCUT2D eigenvalue weighted by Crippen LogP contribution is 2.02. The van der Waals surface area contributed by atoms with Gasteiger partial charge in [-0.05, 0) is 12.0 Å². The maximum atomic E-state index is 12.0. The van der Waals surface area contributed by atoms with E-state index in [1.54, 1.807) is 7.05 Å². The molecule has 7 heteroatoms. The van der Waals surface area contributed by atoms with E-state index >= 15 is 0 Å². The van der Waals surface area contributed by atoms with E-state index in [2.05, 4.69) is 10.6 Å². The molecule has 1 aromatic carbocycles. The van der Waals surface area contributed by atoms with Crippen molar-refractivity contribution >= 4 is 18.2 Å². The van der Waals surface area contributed by atoms with Crippen LogP contribution in [-0.4, -0.2) is 31.3 Å². The van der Waals surface area contributed by atoms with Crippen molar-refractivity contribution < 1.29 is 14.4 Å². The number of nitrogens with two attached hydrogens (primary N) is 1. The first-order valence-corrected chi connectivity index (χ1v) is 6.30. The van der Waals surface area contributed by atoms with E-state index in [1.165, 1.54) is 6.20 Å². The van der Waals surface area contributed by atoms with Crippen molar-refractivity contribution in [2.24, 2.45) is 5.73 Å². The minimum absolute atomic E-state index is 0.0851. The summed E-state index contributed by atoms with van der Waals surface area (Å²) in [6.07, 6.45) is 1.85. The average Bonchev–Trinajstić information content (AvgIpc) is 2.48. The summed E-state index contributed by atoms with van der Waals surface area (Å²) >= 11 is 0. The van der Waals surface area contributed by atoms with E-state index in [0.717, 1.165) is 5.56 Å². The van der Waals surface area contributed by atoms with Gasteiger partial charge in [-0.1, -0.05) is 30.3 Å². The number of imide groups is 1. The van der Waals surface area contributed by atoms with E-state index in [4.69, 9.17) is 5.73 Å². The molecule has 0 radical (unpaired) electrons. The van der Waals surface area contributed by atoms with Crippen molar-refractivity contribution in [2.45, 2.75) is 12.5 Å². The molecule has 0 heterocycles. The van der Waals surface area contributed by atoms with Crippen LogP contribution in [0.5, 0.6) is 0 Å². The first-order valence-electron chi connectivity index (χ1n) is 6.30. The molecule has 5 N–H and O–H groups in total. The molecule has 0 saturated carbocycles. The lowest BCUT2D eigenvalue weighted by Gasteiger charge is -2.13. The van der Waals surface area contributed by atoms with Gasteiger partial charge in [0, 0.05) is 13.2 Å². The number of hydrogen-bond donors (Lipinski definition) is 4. The molecule has 0 bridgehead atoms. The number of benzene rings is 1. The Bertz CT molecular complexity index is 528. The molecule has 0 aromatic heterocycles. The van der Waals surface area contributed by atoms with Crippen molar-refractivity contribution in [3.05, 3.63) is 47.8 Å². The van der Waals surface area contributed by atoms with Crippen LogP contribution in [0.3, 0.4) is 0 Å². The summed E-state index contributed by atoms with van der Waals surface area (Å²) in [5, 5.41) is 6.93. The smallest absolute Gasteiger partial charge is 0.275 e. The fourth-order valence-corrected chi connectivity index (χ4v) is 1.62. The van der Waals surface area contributed by atoms with Crippen LogP contribution in [0, 0.1) is 0 Å². The van der Waals surface area contributed by atoms with Gasteiger partial charge in [0.05, 0.1) is 6.04 Å². The number of hydrogen-bond acceptors (Lipinski definition) is 5. The van der Waals surface area contributed by atoms with E-state index in [0.29, 0.717) is 6.42 Å². The molecule has 1 rings (SSSR count). The molecule has 1 unspecified atom stereocenters. The summed E-state index contributed by atoms with van der Waals surface area (Å²) in [6.45, 7) is 0. The zero-order valence-electron chi connectivity index (χ0n) is 11.6. The maximum absolute atomic E-state index is 12.0. The molecule has 0 aliphatic rings. The zero-order chi connectivity index (χ0) is 15.7. The van der Waals surface area contributed by atoms with Crippen LogP contribution < -0.4 is 21.7 Å². The molecule has 0 spiro atoms. The molecular formula is C14H18N4O3. The van der Waals surface area contributed by atoms with Gasteiger partial charge < -0.3 is 16.4 Å². The average molecular weight is 290 g/mol. The predicted molar refractivity (Wildman–Crippen MR) is 77.6 cm³/mol. The number of nitrogens with one attached hydrogen (secondary N) is 3. The normalized spacial score (nSPS) is 12.2. The lowest BCUT2D eigenvalue weighted by molar-refractivity contribution is -0.126. The van der Waals surface area contributed by atoms with E-state index in [9.17, 15) is 14.4 Å². The molecule has 7 nitrogen and oxygen atoms in total. The lowest BCUT2D eigenvalue weighted by Crippen LogP contribution is -2.44. The van der Waals surface area contributed by atoms with Crippen LogP contribution in [0.4, 0.5) is 0 Å². The molecule has 3 amide bonds. The number of carbonyl (C=O) groups is 3. The molecular weight excluding hydrogens is 272 g/mol. The van der Waals surface area contributed by atoms with E-state index < -0.39 is 17.9 Å². The standard InChI is InChI=1S/C14H18N4O3/c1-16-8-12(14(21)17-9-19)18-13(20)11(15)7-10-5-3-2-4-6-10/h2-6,8-9,11,16H,7,15H2,1H3,(H,18,20)(H,17,19,21)/b12-8+. The fraction of sp³-hybridized carbons (Fsp3) is 0.214. The Morgan fingerprint density at radius 1 is 1.29 bits per heavy atom. The fourth-order valence-electron chi connectivity index (χ4n) is 1.62. The quantitative estimate of drug-likeness (QED) is 0.380. The summed E-state index contributed by atoms with van der Waals surface area (Å²) < 4.78 is 0. The summed E-state index contributed by atoms with van der Waals surface area (Å²) in [5.41, 5.74) is 6.64. The van der Waals surface area contributed by atoms with Crippen molar-refractivity contribution in [2.75, 3.05) is 7.05 Å².